The van der Waals surface area contributed by atoms with Gasteiger partial charge >= 0.3 is 0 Å². The molecule has 0 atom stereocenters. The van der Waals surface area contributed by atoms with Crippen LogP contribution in [0.4, 0.5) is 0 Å². The van der Waals surface area contributed by atoms with E-state index < -0.39 is 0 Å². The van der Waals surface area contributed by atoms with Crippen LogP contribution in [0.1, 0.15) is 30.1 Å². The Morgan fingerprint density at radius 1 is 1.29 bits per heavy atom. The molecule has 1 aliphatic rings. The SMILES string of the molecule is CCNCC1CCN(C(=O)c2ccc(Cl)c(Cl)c2)CC1.Cl. The molecule has 118 valence electrons. The number of piperidine rings is 1. The second kappa shape index (κ2) is 8.84. The standard InChI is InChI=1S/C15H20Cl2N2O.ClH/c1-2-18-10-11-5-7-19(8-6-11)15(20)12-3-4-13(16)14(17)9-12;/h3-4,9,11,18H,2,5-8,10H2,1H3;1H. The molecular weight excluding hydrogens is 331 g/mol. The van der Waals surface area contributed by atoms with Crippen LogP contribution < -0.4 is 5.32 Å². The monoisotopic (exact) mass is 350 g/mol. The first-order valence-corrected chi connectivity index (χ1v) is 7.82. The van der Waals surface area contributed by atoms with Crippen LogP contribution in [0.25, 0.3) is 0 Å². The summed E-state index contributed by atoms with van der Waals surface area (Å²) in [6, 6.07) is 5.06. The summed E-state index contributed by atoms with van der Waals surface area (Å²) in [5.41, 5.74) is 0.615. The van der Waals surface area contributed by atoms with E-state index in [4.69, 9.17) is 23.2 Å². The normalized spacial score (nSPS) is 15.7. The number of likely N-dealkylation sites (tertiary alicyclic amines) is 1. The Bertz CT molecular complexity index is 474. The van der Waals surface area contributed by atoms with Crippen LogP contribution in [-0.2, 0) is 0 Å². The number of amides is 1. The quantitative estimate of drug-likeness (QED) is 0.893. The zero-order chi connectivity index (χ0) is 14.5. The molecule has 1 heterocycles. The number of hydrogen-bond donors (Lipinski definition) is 1. The molecule has 1 aromatic carbocycles. The van der Waals surface area contributed by atoms with Gasteiger partial charge in [0.05, 0.1) is 10.0 Å². The van der Waals surface area contributed by atoms with Gasteiger partial charge in [0.2, 0.25) is 0 Å². The molecule has 1 amide bonds. The number of rotatable bonds is 4. The van der Waals surface area contributed by atoms with Crippen molar-refractivity contribution in [1.29, 1.82) is 0 Å². The third-order valence-electron chi connectivity index (χ3n) is 3.75. The molecule has 0 radical (unpaired) electrons. The summed E-state index contributed by atoms with van der Waals surface area (Å²) in [7, 11) is 0. The molecule has 1 fully saturated rings. The molecule has 3 nitrogen and oxygen atoms in total. The Morgan fingerprint density at radius 3 is 2.52 bits per heavy atom. The first kappa shape index (κ1) is 18.6. The van der Waals surface area contributed by atoms with Gasteiger partial charge in [-0.1, -0.05) is 30.1 Å². The van der Waals surface area contributed by atoms with Crippen LogP contribution in [0.15, 0.2) is 18.2 Å². The average molecular weight is 352 g/mol. The van der Waals surface area contributed by atoms with E-state index in [9.17, 15) is 4.79 Å². The van der Waals surface area contributed by atoms with E-state index in [1.165, 1.54) is 0 Å². The first-order valence-electron chi connectivity index (χ1n) is 7.07. The van der Waals surface area contributed by atoms with Gasteiger partial charge in [-0.15, -0.1) is 12.4 Å². The van der Waals surface area contributed by atoms with Gasteiger partial charge in [-0.2, -0.15) is 0 Å². The third kappa shape index (κ3) is 5.03. The van der Waals surface area contributed by atoms with E-state index in [2.05, 4.69) is 12.2 Å². The van der Waals surface area contributed by atoms with Crippen LogP contribution in [0, 0.1) is 5.92 Å². The molecule has 1 aromatic rings. The second-order valence-electron chi connectivity index (χ2n) is 5.17. The summed E-state index contributed by atoms with van der Waals surface area (Å²) >= 11 is 11.8. The lowest BCUT2D eigenvalue weighted by molar-refractivity contribution is 0.0690. The van der Waals surface area contributed by atoms with Crippen LogP contribution in [0.2, 0.25) is 10.0 Å². The predicted octanol–water partition coefficient (Wildman–Crippen LogP) is 3.88. The summed E-state index contributed by atoms with van der Waals surface area (Å²) in [6.45, 7) is 5.79. The van der Waals surface area contributed by atoms with Crippen molar-refractivity contribution in [1.82, 2.24) is 10.2 Å². The van der Waals surface area contributed by atoms with Gasteiger partial charge < -0.3 is 10.2 Å². The van der Waals surface area contributed by atoms with Gasteiger partial charge in [0, 0.05) is 18.7 Å². The van der Waals surface area contributed by atoms with E-state index in [1.807, 2.05) is 4.90 Å². The molecule has 0 bridgehead atoms. The minimum Gasteiger partial charge on any atom is -0.339 e. The topological polar surface area (TPSA) is 32.3 Å². The molecule has 1 saturated heterocycles. The summed E-state index contributed by atoms with van der Waals surface area (Å²) in [6.07, 6.45) is 2.11. The average Bonchev–Trinajstić information content (AvgIpc) is 2.48. The first-order chi connectivity index (χ1) is 9.61. The van der Waals surface area contributed by atoms with Crippen molar-refractivity contribution < 1.29 is 4.79 Å². The number of hydrogen-bond acceptors (Lipinski definition) is 2. The number of carbonyl (C=O) groups excluding carboxylic acids is 1. The van der Waals surface area contributed by atoms with Crippen LogP contribution in [-0.4, -0.2) is 37.0 Å². The van der Waals surface area contributed by atoms with Gasteiger partial charge in [-0.25, -0.2) is 0 Å². The van der Waals surface area contributed by atoms with Crippen molar-refractivity contribution in [3.63, 3.8) is 0 Å². The molecule has 0 spiro atoms. The molecule has 0 unspecified atom stereocenters. The van der Waals surface area contributed by atoms with Gasteiger partial charge in [0.25, 0.3) is 5.91 Å². The number of halogens is 3. The largest absolute Gasteiger partial charge is 0.339 e. The van der Waals surface area contributed by atoms with E-state index in [1.54, 1.807) is 18.2 Å². The molecule has 0 aromatic heterocycles. The lowest BCUT2D eigenvalue weighted by atomic mass is 9.96. The maximum Gasteiger partial charge on any atom is 0.253 e. The fourth-order valence-electron chi connectivity index (χ4n) is 2.50. The molecule has 2 rings (SSSR count). The molecule has 6 heteroatoms. The van der Waals surface area contributed by atoms with Crippen molar-refractivity contribution in [2.24, 2.45) is 5.92 Å². The number of nitrogens with one attached hydrogen (secondary N) is 1. The maximum atomic E-state index is 12.4. The smallest absolute Gasteiger partial charge is 0.253 e. The van der Waals surface area contributed by atoms with Crippen LogP contribution in [0.5, 0.6) is 0 Å². The maximum absolute atomic E-state index is 12.4. The summed E-state index contributed by atoms with van der Waals surface area (Å²) in [5, 5.41) is 4.28. The number of nitrogens with zero attached hydrogens (tertiary/aromatic N) is 1. The fraction of sp³-hybridized carbons (Fsp3) is 0.533. The highest BCUT2D eigenvalue weighted by molar-refractivity contribution is 6.42. The second-order valence-corrected chi connectivity index (χ2v) is 5.99. The molecule has 1 N–H and O–H groups in total. The van der Waals surface area contributed by atoms with Crippen molar-refractivity contribution in [3.05, 3.63) is 33.8 Å². The van der Waals surface area contributed by atoms with Crippen LogP contribution >= 0.6 is 35.6 Å². The lowest BCUT2D eigenvalue weighted by Gasteiger charge is -2.32. The minimum absolute atomic E-state index is 0. The van der Waals surface area contributed by atoms with Crippen molar-refractivity contribution in [2.75, 3.05) is 26.2 Å². The fourth-order valence-corrected chi connectivity index (χ4v) is 2.80. The van der Waals surface area contributed by atoms with Gasteiger partial charge in [0.15, 0.2) is 0 Å². The van der Waals surface area contributed by atoms with Crippen LogP contribution in [0.3, 0.4) is 0 Å². The molecule has 0 aliphatic carbocycles. The Kier molecular flexibility index (Phi) is 7.82. The van der Waals surface area contributed by atoms with Gasteiger partial charge in [-0.05, 0) is 50.0 Å². The van der Waals surface area contributed by atoms with E-state index in [0.29, 0.717) is 21.5 Å². The zero-order valence-corrected chi connectivity index (χ0v) is 14.4. The number of benzene rings is 1. The Morgan fingerprint density at radius 2 is 1.95 bits per heavy atom. The van der Waals surface area contributed by atoms with Crippen molar-refractivity contribution >= 4 is 41.5 Å². The summed E-state index contributed by atoms with van der Waals surface area (Å²) in [5.74, 6) is 0.721. The molecular formula is C15H21Cl3N2O. The predicted molar refractivity (Wildman–Crippen MR) is 90.9 cm³/mol. The molecule has 21 heavy (non-hydrogen) atoms. The highest BCUT2D eigenvalue weighted by Crippen LogP contribution is 2.24. The van der Waals surface area contributed by atoms with E-state index >= 15 is 0 Å². The molecule has 0 saturated carbocycles. The van der Waals surface area contributed by atoms with E-state index in [0.717, 1.165) is 39.0 Å². The number of carbonyl (C=O) groups is 1. The Balaban J connectivity index is 0.00000220. The lowest BCUT2D eigenvalue weighted by Crippen LogP contribution is -2.40. The Hall–Kier alpha value is -0.480. The minimum atomic E-state index is 0. The van der Waals surface area contributed by atoms with Gasteiger partial charge in [0.1, 0.15) is 0 Å². The van der Waals surface area contributed by atoms with Gasteiger partial charge in [-0.3, -0.25) is 4.79 Å². The third-order valence-corrected chi connectivity index (χ3v) is 4.49. The van der Waals surface area contributed by atoms with Crippen molar-refractivity contribution in [2.45, 2.75) is 19.8 Å². The highest BCUT2D eigenvalue weighted by atomic mass is 35.5. The summed E-state index contributed by atoms with van der Waals surface area (Å²) < 4.78 is 0. The summed E-state index contributed by atoms with van der Waals surface area (Å²) in [4.78, 5) is 14.3. The zero-order valence-electron chi connectivity index (χ0n) is 12.1. The highest BCUT2D eigenvalue weighted by Gasteiger charge is 2.23. The van der Waals surface area contributed by atoms with Crippen molar-refractivity contribution in [3.8, 4) is 0 Å². The van der Waals surface area contributed by atoms with E-state index in [-0.39, 0.29) is 18.3 Å². The molecule has 1 aliphatic heterocycles. The Labute approximate surface area is 142 Å².